The molecule has 0 aromatic heterocycles. The van der Waals surface area contributed by atoms with Crippen LogP contribution in [-0.2, 0) is 9.84 Å². The minimum Gasteiger partial charge on any atom is -0.329 e. The number of hydrogen-bond donors (Lipinski definition) is 1. The third kappa shape index (κ3) is 4.44. The first-order valence-corrected chi connectivity index (χ1v) is 6.71. The van der Waals surface area contributed by atoms with Crippen molar-refractivity contribution in [2.45, 2.75) is 25.7 Å². The molecular weight excluding hydrogens is 210 g/mol. The van der Waals surface area contributed by atoms with Crippen LogP contribution in [0.15, 0.2) is 29.2 Å². The third-order valence-electron chi connectivity index (χ3n) is 1.74. The summed E-state index contributed by atoms with van der Waals surface area (Å²) < 4.78 is 23.0. The van der Waals surface area contributed by atoms with Crippen LogP contribution in [0.5, 0.6) is 0 Å². The molecule has 3 nitrogen and oxygen atoms in total. The van der Waals surface area contributed by atoms with Crippen LogP contribution < -0.4 is 5.73 Å². The van der Waals surface area contributed by atoms with Gasteiger partial charge in [-0.25, -0.2) is 8.42 Å². The van der Waals surface area contributed by atoms with Crippen LogP contribution in [0.1, 0.15) is 19.4 Å². The molecular formula is C11H19NO2S. The van der Waals surface area contributed by atoms with E-state index in [4.69, 9.17) is 5.73 Å². The lowest BCUT2D eigenvalue weighted by atomic mass is 10.2. The number of aryl methyl sites for hydroxylation is 1. The van der Waals surface area contributed by atoms with E-state index in [1.165, 1.54) is 0 Å². The van der Waals surface area contributed by atoms with Gasteiger partial charge in [-0.05, 0) is 24.6 Å². The normalized spacial score (nSPS) is 10.4. The van der Waals surface area contributed by atoms with Gasteiger partial charge in [-0.1, -0.05) is 26.0 Å². The second kappa shape index (κ2) is 6.58. The highest BCUT2D eigenvalue weighted by atomic mass is 32.2. The summed E-state index contributed by atoms with van der Waals surface area (Å²) in [6, 6.07) is 6.85. The number of nitrogens with two attached hydrogens (primary N) is 1. The van der Waals surface area contributed by atoms with Gasteiger partial charge in [0.15, 0.2) is 9.84 Å². The number of sulfone groups is 1. The monoisotopic (exact) mass is 229 g/mol. The highest BCUT2D eigenvalue weighted by molar-refractivity contribution is 7.91. The summed E-state index contributed by atoms with van der Waals surface area (Å²) in [7, 11) is -3.16. The minimum atomic E-state index is -3.16. The van der Waals surface area contributed by atoms with Gasteiger partial charge in [0.1, 0.15) is 0 Å². The summed E-state index contributed by atoms with van der Waals surface area (Å²) in [6.07, 6.45) is 0. The van der Waals surface area contributed by atoms with Gasteiger partial charge in [0.2, 0.25) is 0 Å². The van der Waals surface area contributed by atoms with E-state index in [9.17, 15) is 8.42 Å². The molecule has 2 N–H and O–H groups in total. The van der Waals surface area contributed by atoms with Crippen LogP contribution in [0.4, 0.5) is 0 Å². The van der Waals surface area contributed by atoms with Crippen LogP contribution >= 0.6 is 0 Å². The van der Waals surface area contributed by atoms with Gasteiger partial charge in [-0.2, -0.15) is 0 Å². The average molecular weight is 229 g/mol. The van der Waals surface area contributed by atoms with E-state index in [0.717, 1.165) is 5.56 Å². The molecule has 0 spiro atoms. The number of hydrogen-bond acceptors (Lipinski definition) is 3. The Bertz CT molecular complexity index is 385. The Morgan fingerprint density at radius 2 is 1.87 bits per heavy atom. The zero-order valence-electron chi connectivity index (χ0n) is 9.53. The van der Waals surface area contributed by atoms with Crippen molar-refractivity contribution in [2.75, 3.05) is 12.3 Å². The standard InChI is InChI=1S/C9H13NO2S.C2H6/c1-8-3-2-4-9(7-8)13(11,12)6-5-10;1-2/h2-4,7H,5-6,10H2,1H3;1-2H3. The summed E-state index contributed by atoms with van der Waals surface area (Å²) in [5.74, 6) is 0.0104. The van der Waals surface area contributed by atoms with E-state index in [1.54, 1.807) is 18.2 Å². The van der Waals surface area contributed by atoms with E-state index in [1.807, 2.05) is 26.8 Å². The van der Waals surface area contributed by atoms with E-state index in [-0.39, 0.29) is 12.3 Å². The largest absolute Gasteiger partial charge is 0.329 e. The van der Waals surface area contributed by atoms with E-state index >= 15 is 0 Å². The minimum absolute atomic E-state index is 0.0104. The van der Waals surface area contributed by atoms with E-state index < -0.39 is 9.84 Å². The zero-order valence-corrected chi connectivity index (χ0v) is 10.3. The van der Waals surface area contributed by atoms with Gasteiger partial charge >= 0.3 is 0 Å². The van der Waals surface area contributed by atoms with Crippen molar-refractivity contribution in [3.8, 4) is 0 Å². The number of rotatable bonds is 3. The fraction of sp³-hybridized carbons (Fsp3) is 0.455. The second-order valence-electron chi connectivity index (χ2n) is 2.92. The second-order valence-corrected chi connectivity index (χ2v) is 5.03. The van der Waals surface area contributed by atoms with Gasteiger partial charge in [0.05, 0.1) is 10.6 Å². The highest BCUT2D eigenvalue weighted by Crippen LogP contribution is 2.11. The molecule has 0 aliphatic carbocycles. The Morgan fingerprint density at radius 1 is 1.27 bits per heavy atom. The summed E-state index contributed by atoms with van der Waals surface area (Å²) >= 11 is 0. The van der Waals surface area contributed by atoms with Crippen molar-refractivity contribution in [1.29, 1.82) is 0 Å². The maximum Gasteiger partial charge on any atom is 0.179 e. The molecule has 0 bridgehead atoms. The molecule has 0 aliphatic heterocycles. The third-order valence-corrected chi connectivity index (χ3v) is 3.48. The van der Waals surface area contributed by atoms with E-state index in [2.05, 4.69) is 0 Å². The molecule has 0 saturated heterocycles. The fourth-order valence-corrected chi connectivity index (χ4v) is 2.28. The SMILES string of the molecule is CC.Cc1cccc(S(=O)(=O)CCN)c1. The average Bonchev–Trinajstić information content (AvgIpc) is 2.21. The topological polar surface area (TPSA) is 60.2 Å². The van der Waals surface area contributed by atoms with Crippen LogP contribution in [0.2, 0.25) is 0 Å². The number of benzene rings is 1. The van der Waals surface area contributed by atoms with Gasteiger partial charge in [-0.15, -0.1) is 0 Å². The Labute approximate surface area is 92.2 Å². The molecule has 0 saturated carbocycles. The molecule has 1 aromatic carbocycles. The maximum atomic E-state index is 11.5. The predicted molar refractivity (Wildman–Crippen MR) is 63.6 cm³/mol. The lowest BCUT2D eigenvalue weighted by Crippen LogP contribution is -2.15. The van der Waals surface area contributed by atoms with Crippen molar-refractivity contribution in [1.82, 2.24) is 0 Å². The molecule has 0 aliphatic rings. The molecule has 0 fully saturated rings. The molecule has 0 unspecified atom stereocenters. The van der Waals surface area contributed by atoms with Crippen molar-refractivity contribution >= 4 is 9.84 Å². The molecule has 0 radical (unpaired) electrons. The Hall–Kier alpha value is -0.870. The van der Waals surface area contributed by atoms with Crippen LogP contribution in [-0.4, -0.2) is 20.7 Å². The predicted octanol–water partition coefficient (Wildman–Crippen LogP) is 1.75. The van der Waals surface area contributed by atoms with Crippen LogP contribution in [0.3, 0.4) is 0 Å². The lowest BCUT2D eigenvalue weighted by molar-refractivity contribution is 0.596. The van der Waals surface area contributed by atoms with Gasteiger partial charge in [-0.3, -0.25) is 0 Å². The molecule has 0 heterocycles. The maximum absolute atomic E-state index is 11.5. The molecule has 86 valence electrons. The van der Waals surface area contributed by atoms with E-state index in [0.29, 0.717) is 4.90 Å². The molecule has 1 rings (SSSR count). The lowest BCUT2D eigenvalue weighted by Gasteiger charge is -2.02. The summed E-state index contributed by atoms with van der Waals surface area (Å²) in [5.41, 5.74) is 6.15. The molecule has 0 amide bonds. The first kappa shape index (κ1) is 14.1. The molecule has 15 heavy (non-hydrogen) atoms. The molecule has 4 heteroatoms. The van der Waals surface area contributed by atoms with Crippen LogP contribution in [0, 0.1) is 6.92 Å². The zero-order chi connectivity index (χ0) is 11.9. The van der Waals surface area contributed by atoms with Crippen molar-refractivity contribution in [2.24, 2.45) is 5.73 Å². The molecule has 0 atom stereocenters. The molecule has 1 aromatic rings. The Morgan fingerprint density at radius 3 is 2.33 bits per heavy atom. The quantitative estimate of drug-likeness (QED) is 0.859. The first-order chi connectivity index (χ1) is 7.06. The van der Waals surface area contributed by atoms with Crippen molar-refractivity contribution in [3.63, 3.8) is 0 Å². The van der Waals surface area contributed by atoms with Crippen molar-refractivity contribution in [3.05, 3.63) is 29.8 Å². The first-order valence-electron chi connectivity index (χ1n) is 5.06. The summed E-state index contributed by atoms with van der Waals surface area (Å²) in [5, 5.41) is 0. The highest BCUT2D eigenvalue weighted by Gasteiger charge is 2.12. The van der Waals surface area contributed by atoms with Crippen LogP contribution in [0.25, 0.3) is 0 Å². The van der Waals surface area contributed by atoms with Gasteiger partial charge in [0.25, 0.3) is 0 Å². The Kier molecular flexibility index (Phi) is 6.20. The Balaban J connectivity index is 0.000000921. The summed E-state index contributed by atoms with van der Waals surface area (Å²) in [6.45, 7) is 6.03. The van der Waals surface area contributed by atoms with Crippen molar-refractivity contribution < 1.29 is 8.42 Å². The fourth-order valence-electron chi connectivity index (χ4n) is 1.08. The van der Waals surface area contributed by atoms with Gasteiger partial charge < -0.3 is 5.73 Å². The van der Waals surface area contributed by atoms with Gasteiger partial charge in [0, 0.05) is 6.54 Å². The smallest absolute Gasteiger partial charge is 0.179 e. The summed E-state index contributed by atoms with van der Waals surface area (Å²) in [4.78, 5) is 0.359.